The Bertz CT molecular complexity index is 618. The van der Waals surface area contributed by atoms with Gasteiger partial charge in [0, 0.05) is 0 Å². The minimum absolute atomic E-state index is 0.154. The zero-order valence-electron chi connectivity index (χ0n) is 14.4. The van der Waals surface area contributed by atoms with E-state index in [1.54, 1.807) is 0 Å². The van der Waals surface area contributed by atoms with Crippen LogP contribution in [-0.4, -0.2) is 25.4 Å². The summed E-state index contributed by atoms with van der Waals surface area (Å²) in [6.45, 7) is 7.47. The van der Waals surface area contributed by atoms with Gasteiger partial charge < -0.3 is 14.0 Å². The lowest BCUT2D eigenvalue weighted by atomic mass is 9.77. The van der Waals surface area contributed by atoms with Crippen LogP contribution in [0.5, 0.6) is 5.75 Å². The van der Waals surface area contributed by atoms with Crippen molar-refractivity contribution in [1.82, 2.24) is 0 Å². The van der Waals surface area contributed by atoms with Gasteiger partial charge in [-0.05, 0) is 39.3 Å². The first-order valence-electron chi connectivity index (χ1n) is 7.75. The number of benzene rings is 1. The molecule has 0 saturated carbocycles. The average Bonchev–Trinajstić information content (AvgIpc) is 2.67. The van der Waals surface area contributed by atoms with Crippen LogP contribution in [0.1, 0.15) is 46.1 Å². The maximum Gasteiger partial charge on any atom is 0.501 e. The molecule has 0 aliphatic carbocycles. The molecule has 1 aromatic rings. The first kappa shape index (κ1) is 19.1. The smallest absolute Gasteiger partial charge is 0.497 e. The summed E-state index contributed by atoms with van der Waals surface area (Å²) in [4.78, 5) is 0. The summed E-state index contributed by atoms with van der Waals surface area (Å²) in [5.41, 5.74) is -2.69. The predicted octanol–water partition coefficient (Wildman–Crippen LogP) is 3.93. The summed E-state index contributed by atoms with van der Waals surface area (Å²) in [7, 11) is 0.0535. The number of hydrogen-bond acceptors (Lipinski definition) is 3. The number of halogens is 4. The Morgan fingerprint density at radius 2 is 1.79 bits per heavy atom. The van der Waals surface area contributed by atoms with Crippen LogP contribution in [-0.2, 0) is 15.5 Å². The number of methoxy groups -OCH3 is 1. The van der Waals surface area contributed by atoms with E-state index in [1.807, 2.05) is 27.7 Å². The summed E-state index contributed by atoms with van der Waals surface area (Å²) in [5, 5.41) is 0. The maximum absolute atomic E-state index is 14.4. The van der Waals surface area contributed by atoms with E-state index in [2.05, 4.69) is 0 Å². The van der Waals surface area contributed by atoms with Crippen LogP contribution in [0.25, 0.3) is 0 Å². The molecule has 0 spiro atoms. The van der Waals surface area contributed by atoms with Gasteiger partial charge in [-0.1, -0.05) is 13.3 Å². The molecular formula is C16H21BF4O3. The van der Waals surface area contributed by atoms with Gasteiger partial charge in [-0.2, -0.15) is 13.2 Å². The Morgan fingerprint density at radius 1 is 1.17 bits per heavy atom. The van der Waals surface area contributed by atoms with Crippen LogP contribution in [0.15, 0.2) is 12.1 Å². The van der Waals surface area contributed by atoms with E-state index in [1.165, 1.54) is 7.11 Å². The first-order chi connectivity index (χ1) is 10.9. The van der Waals surface area contributed by atoms with Gasteiger partial charge in [0.2, 0.25) is 0 Å². The second kappa shape index (κ2) is 6.22. The fraction of sp³-hybridized carbons (Fsp3) is 0.625. The summed E-state index contributed by atoms with van der Waals surface area (Å²) in [5.74, 6) is -1.31. The molecule has 3 nitrogen and oxygen atoms in total. The van der Waals surface area contributed by atoms with Crippen molar-refractivity contribution in [2.75, 3.05) is 7.11 Å². The predicted molar refractivity (Wildman–Crippen MR) is 82.9 cm³/mol. The summed E-state index contributed by atoms with van der Waals surface area (Å²) in [6.07, 6.45) is -3.18. The fourth-order valence-electron chi connectivity index (χ4n) is 2.90. The lowest BCUT2D eigenvalue weighted by Crippen LogP contribution is -2.44. The maximum atomic E-state index is 14.4. The van der Waals surface area contributed by atoms with E-state index in [4.69, 9.17) is 14.0 Å². The minimum Gasteiger partial charge on any atom is -0.497 e. The van der Waals surface area contributed by atoms with Crippen molar-refractivity contribution in [3.63, 3.8) is 0 Å². The number of alkyl halides is 3. The topological polar surface area (TPSA) is 27.7 Å². The fourth-order valence-corrected chi connectivity index (χ4v) is 2.90. The van der Waals surface area contributed by atoms with Crippen LogP contribution < -0.4 is 10.2 Å². The molecule has 0 N–H and O–H groups in total. The van der Waals surface area contributed by atoms with E-state index in [0.29, 0.717) is 12.5 Å². The van der Waals surface area contributed by atoms with Crippen molar-refractivity contribution in [1.29, 1.82) is 0 Å². The quantitative estimate of drug-likeness (QED) is 0.610. The Kier molecular flexibility index (Phi) is 4.94. The highest BCUT2D eigenvalue weighted by atomic mass is 19.4. The van der Waals surface area contributed by atoms with Crippen LogP contribution >= 0.6 is 0 Å². The van der Waals surface area contributed by atoms with Crippen molar-refractivity contribution >= 4 is 12.6 Å². The Balaban J connectivity index is 2.47. The molecule has 24 heavy (non-hydrogen) atoms. The molecule has 1 fully saturated rings. The molecule has 1 heterocycles. The van der Waals surface area contributed by atoms with Gasteiger partial charge in [0.1, 0.15) is 11.6 Å². The largest absolute Gasteiger partial charge is 0.501 e. The van der Waals surface area contributed by atoms with E-state index in [9.17, 15) is 17.6 Å². The van der Waals surface area contributed by atoms with Crippen LogP contribution in [0, 0.1) is 5.82 Å². The van der Waals surface area contributed by atoms with Crippen molar-refractivity contribution in [2.24, 2.45) is 0 Å². The van der Waals surface area contributed by atoms with Gasteiger partial charge in [-0.15, -0.1) is 0 Å². The molecule has 1 aliphatic rings. The standard InChI is InChI=1S/C16H21BF4O3/c1-6-7-15(4)14(2,3)23-17(24-15)13-11(18)8-10(16(19,20)21)9-12(13)22-5/h8-9H,6-7H2,1-5H3. The summed E-state index contributed by atoms with van der Waals surface area (Å²) >= 11 is 0. The number of hydrogen-bond donors (Lipinski definition) is 0. The third kappa shape index (κ3) is 3.26. The first-order valence-corrected chi connectivity index (χ1v) is 7.75. The molecule has 0 radical (unpaired) electrons. The summed E-state index contributed by atoms with van der Waals surface area (Å²) < 4.78 is 69.7. The third-order valence-electron chi connectivity index (χ3n) is 4.64. The molecule has 1 saturated heterocycles. The SMILES string of the molecule is CCCC1(C)OB(c2c(F)cc(C(F)(F)F)cc2OC)OC1(C)C. The van der Waals surface area contributed by atoms with Gasteiger partial charge >= 0.3 is 13.3 Å². The average molecular weight is 348 g/mol. The van der Waals surface area contributed by atoms with Crippen LogP contribution in [0.2, 0.25) is 0 Å². The van der Waals surface area contributed by atoms with Crippen LogP contribution in [0.4, 0.5) is 17.6 Å². The second-order valence-electron chi connectivity index (χ2n) is 6.63. The molecule has 1 unspecified atom stereocenters. The minimum atomic E-state index is -4.67. The van der Waals surface area contributed by atoms with Gasteiger partial charge in [-0.25, -0.2) is 4.39 Å². The molecule has 134 valence electrons. The number of ether oxygens (including phenoxy) is 1. The second-order valence-corrected chi connectivity index (χ2v) is 6.63. The lowest BCUT2D eigenvalue weighted by molar-refractivity contribution is -0.137. The van der Waals surface area contributed by atoms with E-state index < -0.39 is 35.9 Å². The normalized spacial score (nSPS) is 23.6. The molecule has 0 bridgehead atoms. The molecule has 1 atom stereocenters. The highest BCUT2D eigenvalue weighted by Crippen LogP contribution is 2.41. The molecule has 8 heteroatoms. The monoisotopic (exact) mass is 348 g/mol. The van der Waals surface area contributed by atoms with Gasteiger partial charge in [0.25, 0.3) is 0 Å². The Labute approximate surface area is 139 Å². The zero-order valence-corrected chi connectivity index (χ0v) is 14.4. The Hall–Kier alpha value is -1.28. The molecule has 0 aromatic heterocycles. The van der Waals surface area contributed by atoms with E-state index in [-0.39, 0.29) is 11.2 Å². The van der Waals surface area contributed by atoms with Gasteiger partial charge in [0.15, 0.2) is 0 Å². The van der Waals surface area contributed by atoms with E-state index >= 15 is 0 Å². The van der Waals surface area contributed by atoms with Gasteiger partial charge in [-0.3, -0.25) is 0 Å². The third-order valence-corrected chi connectivity index (χ3v) is 4.64. The van der Waals surface area contributed by atoms with Crippen molar-refractivity contribution in [2.45, 2.75) is 57.9 Å². The van der Waals surface area contributed by atoms with E-state index in [0.717, 1.165) is 12.5 Å². The molecule has 1 aromatic carbocycles. The van der Waals surface area contributed by atoms with Crippen LogP contribution in [0.3, 0.4) is 0 Å². The van der Waals surface area contributed by atoms with Crippen molar-refractivity contribution in [3.8, 4) is 5.75 Å². The summed E-state index contributed by atoms with van der Waals surface area (Å²) in [6, 6.07) is 1.20. The molecule has 2 rings (SSSR count). The number of rotatable bonds is 4. The molecular weight excluding hydrogens is 327 g/mol. The Morgan fingerprint density at radius 3 is 2.29 bits per heavy atom. The molecule has 1 aliphatic heterocycles. The highest BCUT2D eigenvalue weighted by Gasteiger charge is 2.55. The highest BCUT2D eigenvalue weighted by molar-refractivity contribution is 6.63. The molecule has 0 amide bonds. The van der Waals surface area contributed by atoms with Gasteiger partial charge in [0.05, 0.1) is 29.3 Å². The zero-order chi connectivity index (χ0) is 18.3. The van der Waals surface area contributed by atoms with Crippen molar-refractivity contribution < 1.29 is 31.6 Å². The lowest BCUT2D eigenvalue weighted by Gasteiger charge is -2.36. The van der Waals surface area contributed by atoms with Crippen molar-refractivity contribution in [3.05, 3.63) is 23.5 Å².